The van der Waals surface area contributed by atoms with Gasteiger partial charge in [-0.05, 0) is 37.3 Å². The summed E-state index contributed by atoms with van der Waals surface area (Å²) in [4.78, 5) is 11.4. The first-order valence-electron chi connectivity index (χ1n) is 7.82. The zero-order chi connectivity index (χ0) is 19.3. The number of anilines is 2. The predicted molar refractivity (Wildman–Crippen MR) is 93.7 cm³/mol. The lowest BCUT2D eigenvalue weighted by atomic mass is 10.3. The third-order valence-electron chi connectivity index (χ3n) is 3.36. The predicted octanol–water partition coefficient (Wildman–Crippen LogP) is 3.51. The van der Waals surface area contributed by atoms with E-state index in [0.29, 0.717) is 6.61 Å². The van der Waals surface area contributed by atoms with Crippen LogP contribution in [0.2, 0.25) is 0 Å². The highest BCUT2D eigenvalue weighted by atomic mass is 32.2. The van der Waals surface area contributed by atoms with Crippen molar-refractivity contribution in [3.8, 4) is 5.75 Å². The monoisotopic (exact) mass is 384 g/mol. The second-order valence-electron chi connectivity index (χ2n) is 5.19. The Morgan fingerprint density at radius 1 is 1.12 bits per heavy atom. The van der Waals surface area contributed by atoms with Gasteiger partial charge in [0.25, 0.3) is 10.0 Å². The summed E-state index contributed by atoms with van der Waals surface area (Å²) in [6.45, 7) is 3.68. The molecule has 0 aromatic heterocycles. The van der Waals surface area contributed by atoms with Crippen molar-refractivity contribution in [2.45, 2.75) is 25.2 Å². The molecule has 2 aromatic rings. The van der Waals surface area contributed by atoms with Gasteiger partial charge in [-0.3, -0.25) is 9.52 Å². The molecule has 0 fully saturated rings. The van der Waals surface area contributed by atoms with Gasteiger partial charge in [0.1, 0.15) is 23.1 Å². The molecule has 9 heteroatoms. The van der Waals surface area contributed by atoms with E-state index in [1.54, 1.807) is 13.8 Å². The quantitative estimate of drug-likeness (QED) is 0.765. The van der Waals surface area contributed by atoms with Gasteiger partial charge >= 0.3 is 0 Å². The summed E-state index contributed by atoms with van der Waals surface area (Å²) in [5, 5.41) is 2.54. The minimum atomic E-state index is -4.29. The summed E-state index contributed by atoms with van der Waals surface area (Å²) in [6, 6.07) is 6.74. The van der Waals surface area contributed by atoms with E-state index < -0.39 is 27.3 Å². The maximum Gasteiger partial charge on any atom is 0.262 e. The molecule has 0 saturated carbocycles. The minimum absolute atomic E-state index is 0.149. The maximum atomic E-state index is 13.7. The van der Waals surface area contributed by atoms with E-state index in [1.165, 1.54) is 18.2 Å². The number of nitrogens with one attached hydrogen (secondary N) is 2. The number of sulfonamides is 1. The van der Waals surface area contributed by atoms with E-state index in [2.05, 4.69) is 5.32 Å². The molecule has 26 heavy (non-hydrogen) atoms. The number of amides is 1. The number of hydrogen-bond acceptors (Lipinski definition) is 4. The van der Waals surface area contributed by atoms with E-state index in [9.17, 15) is 22.0 Å². The van der Waals surface area contributed by atoms with E-state index in [4.69, 9.17) is 4.74 Å². The third kappa shape index (κ3) is 4.48. The Hall–Kier alpha value is -2.68. The molecule has 1 amide bonds. The summed E-state index contributed by atoms with van der Waals surface area (Å²) in [6.07, 6.45) is 0.182. The first-order chi connectivity index (χ1) is 12.3. The number of hydrogen-bond donors (Lipinski definition) is 2. The van der Waals surface area contributed by atoms with E-state index in [-0.39, 0.29) is 28.7 Å². The van der Waals surface area contributed by atoms with Crippen LogP contribution < -0.4 is 14.8 Å². The highest BCUT2D eigenvalue weighted by Crippen LogP contribution is 2.30. The summed E-state index contributed by atoms with van der Waals surface area (Å²) in [7, 11) is -4.29. The number of carbonyl (C=O) groups is 1. The third-order valence-corrected chi connectivity index (χ3v) is 4.70. The Labute approximate surface area is 150 Å². The average molecular weight is 384 g/mol. The van der Waals surface area contributed by atoms with Crippen LogP contribution in [0.15, 0.2) is 41.3 Å². The number of carbonyl (C=O) groups excluding carboxylic acids is 1. The molecule has 0 aliphatic rings. The fraction of sp³-hybridized carbons (Fsp3) is 0.235. The first kappa shape index (κ1) is 19.6. The van der Waals surface area contributed by atoms with E-state index in [1.807, 2.05) is 4.72 Å². The standard InChI is InChI=1S/C17H18F2N2O4S/c1-3-16(22)20-14-10-11(8-9-15(14)25-4-2)26(23,24)21-17-12(18)6-5-7-13(17)19/h5-10,21H,3-4H2,1-2H3,(H,20,22). The summed E-state index contributed by atoms with van der Waals surface area (Å²) in [5.74, 6) is -2.14. The second kappa shape index (κ2) is 8.13. The molecule has 6 nitrogen and oxygen atoms in total. The van der Waals surface area contributed by atoms with Gasteiger partial charge in [0, 0.05) is 6.42 Å². The highest BCUT2D eigenvalue weighted by molar-refractivity contribution is 7.92. The van der Waals surface area contributed by atoms with Crippen molar-refractivity contribution in [1.82, 2.24) is 0 Å². The van der Waals surface area contributed by atoms with Crippen molar-refractivity contribution < 1.29 is 26.7 Å². The van der Waals surface area contributed by atoms with E-state index >= 15 is 0 Å². The van der Waals surface area contributed by atoms with Gasteiger partial charge in [-0.25, -0.2) is 17.2 Å². The largest absolute Gasteiger partial charge is 0.492 e. The van der Waals surface area contributed by atoms with Crippen molar-refractivity contribution in [2.24, 2.45) is 0 Å². The molecule has 2 aromatic carbocycles. The van der Waals surface area contributed by atoms with Crippen molar-refractivity contribution in [3.63, 3.8) is 0 Å². The normalized spacial score (nSPS) is 11.1. The number of rotatable bonds is 7. The molecule has 0 atom stereocenters. The van der Waals surface area contributed by atoms with Crippen LogP contribution in [0.3, 0.4) is 0 Å². The number of para-hydroxylation sites is 1. The summed E-state index contributed by atoms with van der Waals surface area (Å²) >= 11 is 0. The Morgan fingerprint density at radius 2 is 1.77 bits per heavy atom. The molecule has 0 aliphatic carbocycles. The smallest absolute Gasteiger partial charge is 0.262 e. The number of ether oxygens (including phenoxy) is 1. The van der Waals surface area contributed by atoms with Gasteiger partial charge in [-0.1, -0.05) is 13.0 Å². The lowest BCUT2D eigenvalue weighted by Crippen LogP contribution is -2.16. The van der Waals surface area contributed by atoms with Crippen LogP contribution in [0.25, 0.3) is 0 Å². The number of halogens is 2. The van der Waals surface area contributed by atoms with Crippen LogP contribution in [0.1, 0.15) is 20.3 Å². The van der Waals surface area contributed by atoms with Gasteiger partial charge in [0.2, 0.25) is 5.91 Å². The Kier molecular flexibility index (Phi) is 6.14. The lowest BCUT2D eigenvalue weighted by Gasteiger charge is -2.14. The van der Waals surface area contributed by atoms with E-state index in [0.717, 1.165) is 18.2 Å². The molecular formula is C17H18F2N2O4S. The summed E-state index contributed by atoms with van der Waals surface area (Å²) in [5.41, 5.74) is -0.629. The Morgan fingerprint density at radius 3 is 2.35 bits per heavy atom. The lowest BCUT2D eigenvalue weighted by molar-refractivity contribution is -0.115. The SMILES string of the molecule is CCOc1ccc(S(=O)(=O)Nc2c(F)cccc2F)cc1NC(=O)CC. The molecule has 0 unspecified atom stereocenters. The molecule has 2 rings (SSSR count). The van der Waals surface area contributed by atoms with Crippen molar-refractivity contribution in [3.05, 3.63) is 48.0 Å². The fourth-order valence-corrected chi connectivity index (χ4v) is 3.18. The highest BCUT2D eigenvalue weighted by Gasteiger charge is 2.21. The van der Waals surface area contributed by atoms with Crippen LogP contribution in [0.4, 0.5) is 20.2 Å². The van der Waals surface area contributed by atoms with Crippen molar-refractivity contribution in [1.29, 1.82) is 0 Å². The molecule has 0 heterocycles. The topological polar surface area (TPSA) is 84.5 Å². The second-order valence-corrected chi connectivity index (χ2v) is 6.88. The number of benzene rings is 2. The maximum absolute atomic E-state index is 13.7. The fourth-order valence-electron chi connectivity index (χ4n) is 2.08. The molecule has 0 saturated heterocycles. The molecule has 0 aliphatic heterocycles. The van der Waals surface area contributed by atoms with Gasteiger partial charge in [-0.2, -0.15) is 0 Å². The van der Waals surface area contributed by atoms with Crippen LogP contribution in [0.5, 0.6) is 5.75 Å². The molecule has 0 spiro atoms. The summed E-state index contributed by atoms with van der Waals surface area (Å²) < 4.78 is 59.6. The van der Waals surface area contributed by atoms with Crippen LogP contribution in [-0.4, -0.2) is 20.9 Å². The van der Waals surface area contributed by atoms with Gasteiger partial charge in [-0.15, -0.1) is 0 Å². The average Bonchev–Trinajstić information content (AvgIpc) is 2.59. The molecule has 2 N–H and O–H groups in total. The molecule has 0 radical (unpaired) electrons. The van der Waals surface area contributed by atoms with Gasteiger partial charge < -0.3 is 10.1 Å². The zero-order valence-electron chi connectivity index (χ0n) is 14.2. The molecule has 140 valence electrons. The van der Waals surface area contributed by atoms with Crippen LogP contribution in [0, 0.1) is 11.6 Å². The van der Waals surface area contributed by atoms with Gasteiger partial charge in [0.15, 0.2) is 0 Å². The van der Waals surface area contributed by atoms with Gasteiger partial charge in [0.05, 0.1) is 17.2 Å². The van der Waals surface area contributed by atoms with Crippen LogP contribution >= 0.6 is 0 Å². The minimum Gasteiger partial charge on any atom is -0.492 e. The Balaban J connectivity index is 2.42. The zero-order valence-corrected chi connectivity index (χ0v) is 15.0. The van der Waals surface area contributed by atoms with Crippen LogP contribution in [-0.2, 0) is 14.8 Å². The molecular weight excluding hydrogens is 366 g/mol. The Bertz CT molecular complexity index is 897. The molecule has 0 bridgehead atoms. The van der Waals surface area contributed by atoms with Crippen molar-refractivity contribution >= 4 is 27.3 Å². The first-order valence-corrected chi connectivity index (χ1v) is 9.30. The van der Waals surface area contributed by atoms with Crippen molar-refractivity contribution in [2.75, 3.05) is 16.6 Å².